The third-order valence-electron chi connectivity index (χ3n) is 2.32. The molecule has 0 aromatic carbocycles. The van der Waals surface area contributed by atoms with Crippen molar-refractivity contribution in [1.29, 1.82) is 0 Å². The highest BCUT2D eigenvalue weighted by Gasteiger charge is 2.00. The lowest BCUT2D eigenvalue weighted by Crippen LogP contribution is -2.23. The van der Waals surface area contributed by atoms with Crippen LogP contribution in [0.15, 0.2) is 0 Å². The monoisotopic (exact) mass is 189 g/mol. The Kier molecular flexibility index (Phi) is 8.14. The molecule has 2 atom stereocenters. The van der Waals surface area contributed by atoms with Crippen molar-refractivity contribution < 1.29 is 0 Å². The van der Waals surface area contributed by atoms with Crippen LogP contribution < -0.4 is 5.32 Å². The predicted molar refractivity (Wildman–Crippen MR) is 59.9 cm³/mol. The molecule has 0 aliphatic carbocycles. The fraction of sp³-hybridized carbons (Fsp3) is 1.00. The van der Waals surface area contributed by atoms with E-state index in [1.165, 1.54) is 25.9 Å². The lowest BCUT2D eigenvalue weighted by atomic mass is 10.1. The van der Waals surface area contributed by atoms with Crippen LogP contribution in [0.3, 0.4) is 0 Å². The highest BCUT2D eigenvalue weighted by atomic mass is 32.2. The van der Waals surface area contributed by atoms with Gasteiger partial charge in [0.05, 0.1) is 0 Å². The van der Waals surface area contributed by atoms with Crippen molar-refractivity contribution in [1.82, 2.24) is 5.32 Å². The van der Waals surface area contributed by atoms with Gasteiger partial charge in [0.15, 0.2) is 0 Å². The van der Waals surface area contributed by atoms with Gasteiger partial charge in [0.1, 0.15) is 0 Å². The lowest BCUT2D eigenvalue weighted by Gasteiger charge is -2.11. The van der Waals surface area contributed by atoms with E-state index in [0.29, 0.717) is 0 Å². The molecule has 2 unspecified atom stereocenters. The normalized spacial score (nSPS) is 16.0. The second-order valence-corrected chi connectivity index (χ2v) is 4.83. The van der Waals surface area contributed by atoms with Gasteiger partial charge >= 0.3 is 0 Å². The van der Waals surface area contributed by atoms with Gasteiger partial charge in [-0.25, -0.2) is 0 Å². The molecule has 1 nitrogen and oxygen atoms in total. The summed E-state index contributed by atoms with van der Waals surface area (Å²) in [6.45, 7) is 9.18. The minimum absolute atomic E-state index is 0.800. The molecule has 0 rings (SSSR count). The van der Waals surface area contributed by atoms with Crippen LogP contribution in [-0.2, 0) is 0 Å². The van der Waals surface area contributed by atoms with Crippen LogP contribution in [0, 0.1) is 5.92 Å². The molecule has 12 heavy (non-hydrogen) atoms. The largest absolute Gasteiger partial charge is 0.316 e. The maximum atomic E-state index is 3.49. The summed E-state index contributed by atoms with van der Waals surface area (Å²) in [6, 6.07) is 0. The first kappa shape index (κ1) is 12.3. The number of rotatable bonds is 7. The van der Waals surface area contributed by atoms with Gasteiger partial charge in [0, 0.05) is 5.25 Å². The van der Waals surface area contributed by atoms with Crippen molar-refractivity contribution in [3.05, 3.63) is 0 Å². The van der Waals surface area contributed by atoms with Gasteiger partial charge < -0.3 is 5.32 Å². The molecule has 74 valence electrons. The van der Waals surface area contributed by atoms with Gasteiger partial charge in [-0.3, -0.25) is 0 Å². The van der Waals surface area contributed by atoms with Crippen LogP contribution in [0.1, 0.15) is 33.6 Å². The van der Waals surface area contributed by atoms with Crippen LogP contribution >= 0.6 is 11.8 Å². The predicted octanol–water partition coefficient (Wildman–Crippen LogP) is 2.76. The minimum atomic E-state index is 0.800. The average molecular weight is 189 g/mol. The molecule has 0 heterocycles. The molecule has 0 spiro atoms. The Morgan fingerprint density at radius 3 is 2.50 bits per heavy atom. The van der Waals surface area contributed by atoms with Gasteiger partial charge in [-0.05, 0) is 31.7 Å². The van der Waals surface area contributed by atoms with E-state index < -0.39 is 0 Å². The Morgan fingerprint density at radius 2 is 2.00 bits per heavy atom. The third-order valence-corrected chi connectivity index (χ3v) is 3.36. The molecule has 0 bridgehead atoms. The summed E-state index contributed by atoms with van der Waals surface area (Å²) in [5.74, 6) is 0.828. The molecule has 0 aliphatic rings. The summed E-state index contributed by atoms with van der Waals surface area (Å²) in [5.41, 5.74) is 0. The second-order valence-electron chi connectivity index (χ2n) is 3.55. The zero-order valence-electron chi connectivity index (χ0n) is 8.89. The highest BCUT2D eigenvalue weighted by molar-refractivity contribution is 7.99. The summed E-state index contributed by atoms with van der Waals surface area (Å²) < 4.78 is 0. The third kappa shape index (κ3) is 6.99. The molecule has 2 heteroatoms. The number of hydrogen-bond donors (Lipinski definition) is 1. The van der Waals surface area contributed by atoms with Crippen molar-refractivity contribution in [2.75, 3.05) is 19.3 Å². The summed E-state index contributed by atoms with van der Waals surface area (Å²) in [5, 5.41) is 4.29. The minimum Gasteiger partial charge on any atom is -0.316 e. The Hall–Kier alpha value is 0.310. The van der Waals surface area contributed by atoms with E-state index in [2.05, 4.69) is 32.3 Å². The molecule has 0 aromatic heterocycles. The smallest absolute Gasteiger partial charge is 0.00280 e. The van der Waals surface area contributed by atoms with Gasteiger partial charge in [-0.2, -0.15) is 11.8 Å². The van der Waals surface area contributed by atoms with Crippen LogP contribution in [0.25, 0.3) is 0 Å². The van der Waals surface area contributed by atoms with E-state index in [4.69, 9.17) is 0 Å². The summed E-state index contributed by atoms with van der Waals surface area (Å²) in [6.07, 6.45) is 4.75. The Morgan fingerprint density at radius 1 is 1.33 bits per heavy atom. The van der Waals surface area contributed by atoms with Crippen molar-refractivity contribution in [3.8, 4) is 0 Å². The van der Waals surface area contributed by atoms with E-state index in [0.717, 1.165) is 11.2 Å². The first-order chi connectivity index (χ1) is 5.70. The van der Waals surface area contributed by atoms with Gasteiger partial charge in [0.25, 0.3) is 0 Å². The Balaban J connectivity index is 3.10. The Labute approximate surface area is 81.7 Å². The zero-order valence-corrected chi connectivity index (χ0v) is 9.71. The van der Waals surface area contributed by atoms with Crippen LogP contribution in [-0.4, -0.2) is 24.6 Å². The van der Waals surface area contributed by atoms with Crippen molar-refractivity contribution in [2.45, 2.75) is 38.9 Å². The van der Waals surface area contributed by atoms with Gasteiger partial charge in [0.2, 0.25) is 0 Å². The molecular weight excluding hydrogens is 166 g/mol. The Bertz CT molecular complexity index is 83.8. The molecule has 1 N–H and O–H groups in total. The summed E-state index contributed by atoms with van der Waals surface area (Å²) in [7, 11) is 0. The van der Waals surface area contributed by atoms with Crippen LogP contribution in [0.2, 0.25) is 0 Å². The van der Waals surface area contributed by atoms with Gasteiger partial charge in [-0.1, -0.05) is 27.2 Å². The molecule has 0 aliphatic heterocycles. The van der Waals surface area contributed by atoms with E-state index in [9.17, 15) is 0 Å². The van der Waals surface area contributed by atoms with Crippen LogP contribution in [0.4, 0.5) is 0 Å². The second kappa shape index (κ2) is 7.93. The van der Waals surface area contributed by atoms with Gasteiger partial charge in [-0.15, -0.1) is 0 Å². The van der Waals surface area contributed by atoms with E-state index in [1.54, 1.807) is 0 Å². The molecular formula is C10H23NS. The summed E-state index contributed by atoms with van der Waals surface area (Å²) >= 11 is 1.95. The molecule has 0 saturated carbocycles. The quantitative estimate of drug-likeness (QED) is 0.618. The van der Waals surface area contributed by atoms with E-state index >= 15 is 0 Å². The van der Waals surface area contributed by atoms with Crippen molar-refractivity contribution in [3.63, 3.8) is 0 Å². The summed E-state index contributed by atoms with van der Waals surface area (Å²) in [4.78, 5) is 0. The van der Waals surface area contributed by atoms with Crippen molar-refractivity contribution >= 4 is 11.8 Å². The average Bonchev–Trinajstić information content (AvgIpc) is 2.11. The lowest BCUT2D eigenvalue weighted by molar-refractivity contribution is 0.495. The maximum absolute atomic E-state index is 3.49. The molecule has 0 fully saturated rings. The zero-order chi connectivity index (χ0) is 9.40. The first-order valence-electron chi connectivity index (χ1n) is 4.94. The van der Waals surface area contributed by atoms with Crippen molar-refractivity contribution in [2.24, 2.45) is 5.92 Å². The topological polar surface area (TPSA) is 12.0 Å². The number of thioether (sulfide) groups is 1. The van der Waals surface area contributed by atoms with Crippen LogP contribution in [0.5, 0.6) is 0 Å². The SMILES string of the molecule is CCC(C)CNCCC(C)SC. The van der Waals surface area contributed by atoms with E-state index in [-0.39, 0.29) is 0 Å². The number of hydrogen-bond acceptors (Lipinski definition) is 2. The first-order valence-corrected chi connectivity index (χ1v) is 6.23. The fourth-order valence-corrected chi connectivity index (χ4v) is 1.27. The highest BCUT2D eigenvalue weighted by Crippen LogP contribution is 2.08. The number of nitrogens with one attached hydrogen (secondary N) is 1. The molecule has 0 saturated heterocycles. The molecule has 0 aromatic rings. The molecule has 0 amide bonds. The maximum Gasteiger partial charge on any atom is 0.00280 e. The van der Waals surface area contributed by atoms with E-state index in [1.807, 2.05) is 11.8 Å². The fourth-order valence-electron chi connectivity index (χ4n) is 0.916. The molecule has 0 radical (unpaired) electrons. The standard InChI is InChI=1S/C10H23NS/c1-5-9(2)8-11-7-6-10(3)12-4/h9-11H,5-8H2,1-4H3.